The Bertz CT molecular complexity index is 1600. The monoisotopic (exact) mass is 590 g/mol. The number of phenols is 1. The number of anilines is 1. The summed E-state index contributed by atoms with van der Waals surface area (Å²) in [6, 6.07) is 11.6. The molecule has 0 aliphatic heterocycles. The van der Waals surface area contributed by atoms with Crippen LogP contribution in [0, 0.1) is 11.8 Å². The van der Waals surface area contributed by atoms with Crippen LogP contribution in [0.15, 0.2) is 59.4 Å². The molecule has 5 rings (SSSR count). The van der Waals surface area contributed by atoms with Crippen LogP contribution in [-0.4, -0.2) is 92.9 Å². The molecule has 1 fully saturated rings. The first kappa shape index (κ1) is 30.0. The van der Waals surface area contributed by atoms with Gasteiger partial charge < -0.3 is 31.5 Å². The smallest absolute Gasteiger partial charge is 0.255 e. The zero-order valence-corrected chi connectivity index (χ0v) is 24.0. The van der Waals surface area contributed by atoms with Crippen LogP contribution < -0.4 is 11.1 Å². The molecule has 226 valence electrons. The fourth-order valence-electron chi connectivity index (χ4n) is 6.71. The predicted molar refractivity (Wildman–Crippen MR) is 156 cm³/mol. The highest BCUT2D eigenvalue weighted by atomic mass is 16.3. The minimum atomic E-state index is -2.71. The second-order valence-electron chi connectivity index (χ2n) is 11.7. The molecule has 0 spiro atoms. The van der Waals surface area contributed by atoms with E-state index < -0.39 is 69.7 Å². The predicted octanol–water partition coefficient (Wildman–Crippen LogP) is 1.03. The summed E-state index contributed by atoms with van der Waals surface area (Å²) in [6.45, 7) is 0.525. The number of ketones is 2. The minimum Gasteiger partial charge on any atom is -0.508 e. The van der Waals surface area contributed by atoms with Gasteiger partial charge in [0.1, 0.15) is 22.8 Å². The second kappa shape index (κ2) is 11.0. The third kappa shape index (κ3) is 4.86. The van der Waals surface area contributed by atoms with Crippen molar-refractivity contribution in [2.45, 2.75) is 31.0 Å². The summed E-state index contributed by atoms with van der Waals surface area (Å²) in [5, 5.41) is 47.8. The fourth-order valence-corrected chi connectivity index (χ4v) is 6.71. The number of fused-ring (bicyclic) bond motifs is 3. The van der Waals surface area contributed by atoms with Crippen LogP contribution in [-0.2, 0) is 32.1 Å². The van der Waals surface area contributed by atoms with E-state index in [1.807, 2.05) is 30.3 Å². The van der Waals surface area contributed by atoms with E-state index in [9.17, 15) is 39.6 Å². The molecule has 43 heavy (non-hydrogen) atoms. The zero-order valence-electron chi connectivity index (χ0n) is 24.0. The van der Waals surface area contributed by atoms with Gasteiger partial charge >= 0.3 is 0 Å². The number of likely N-dealkylation sites (N-methyl/N-ethyl adjacent to an activating group) is 2. The Morgan fingerprint density at radius 2 is 1.72 bits per heavy atom. The van der Waals surface area contributed by atoms with Gasteiger partial charge in [-0.05, 0) is 57.1 Å². The Labute approximate surface area is 247 Å². The lowest BCUT2D eigenvalue weighted by molar-refractivity contribution is -0.153. The summed E-state index contributed by atoms with van der Waals surface area (Å²) in [7, 11) is 4.86. The first-order valence-electron chi connectivity index (χ1n) is 13.8. The standard InChI is InChI=1S/C31H34N4O8/c1-34(2)24-18-12-17-11-16-9-10-19(33-20(36)14-35(3)13-15-7-5-4-6-8-15)25(37)21(16)26(38)22(17)28(40)31(18,43)29(41)23(27(24)39)30(32)42/h4-10,17-18,24,37-38,41,43H,11-14H2,1-3H3,(H2,32,42)(H,33,36)/t17?,18?,24-,31?/m0/s1. The molecule has 0 radical (unpaired) electrons. The molecule has 0 aromatic heterocycles. The number of rotatable bonds is 7. The number of aliphatic hydroxyl groups excluding tert-OH is 2. The maximum Gasteiger partial charge on any atom is 0.255 e. The van der Waals surface area contributed by atoms with Crippen molar-refractivity contribution in [3.63, 3.8) is 0 Å². The number of nitrogens with one attached hydrogen (secondary N) is 1. The van der Waals surface area contributed by atoms with Crippen LogP contribution in [0.5, 0.6) is 5.75 Å². The molecule has 7 N–H and O–H groups in total. The Hall–Kier alpha value is -4.52. The molecule has 0 bridgehead atoms. The summed E-state index contributed by atoms with van der Waals surface area (Å²) in [5.41, 5.74) is 2.94. The number of aliphatic hydroxyl groups is 3. The fraction of sp³-hybridized carbons (Fsp3) is 0.355. The lowest BCUT2D eigenvalue weighted by Crippen LogP contribution is -2.65. The Balaban J connectivity index is 1.48. The van der Waals surface area contributed by atoms with E-state index in [1.165, 1.54) is 11.0 Å². The van der Waals surface area contributed by atoms with Gasteiger partial charge in [-0.25, -0.2) is 0 Å². The van der Waals surface area contributed by atoms with Crippen LogP contribution in [0.25, 0.3) is 5.76 Å². The van der Waals surface area contributed by atoms with Crippen molar-refractivity contribution in [1.82, 2.24) is 9.80 Å². The van der Waals surface area contributed by atoms with Crippen molar-refractivity contribution < 1.29 is 39.6 Å². The average molecular weight is 591 g/mol. The summed E-state index contributed by atoms with van der Waals surface area (Å²) in [6.07, 6.45) is 0.162. The van der Waals surface area contributed by atoms with Gasteiger partial charge in [0.05, 0.1) is 23.8 Å². The molecular weight excluding hydrogens is 556 g/mol. The van der Waals surface area contributed by atoms with Crippen LogP contribution in [0.1, 0.15) is 23.1 Å². The number of carbonyl (C=O) groups is 4. The van der Waals surface area contributed by atoms with E-state index in [0.717, 1.165) is 5.56 Å². The Morgan fingerprint density at radius 3 is 2.35 bits per heavy atom. The molecule has 12 nitrogen and oxygen atoms in total. The van der Waals surface area contributed by atoms with E-state index in [4.69, 9.17) is 5.73 Å². The quantitative estimate of drug-likeness (QED) is 0.200. The number of phenolic OH excluding ortho intramolecular Hbond substituents is 1. The minimum absolute atomic E-state index is 0.00123. The number of nitrogens with zero attached hydrogens (tertiary/aromatic N) is 2. The van der Waals surface area contributed by atoms with Crippen LogP contribution in [0.3, 0.4) is 0 Å². The highest BCUT2D eigenvalue weighted by molar-refractivity contribution is 6.24. The van der Waals surface area contributed by atoms with E-state index >= 15 is 0 Å². The highest BCUT2D eigenvalue weighted by Crippen LogP contribution is 2.53. The molecule has 0 saturated heterocycles. The summed E-state index contributed by atoms with van der Waals surface area (Å²) < 4.78 is 0. The highest BCUT2D eigenvalue weighted by Gasteiger charge is 2.64. The van der Waals surface area contributed by atoms with Gasteiger partial charge in [0.2, 0.25) is 11.7 Å². The number of carbonyl (C=O) groups excluding carboxylic acids is 4. The molecule has 3 unspecified atom stereocenters. The Morgan fingerprint density at radius 1 is 1.05 bits per heavy atom. The lowest BCUT2D eigenvalue weighted by atomic mass is 9.57. The van der Waals surface area contributed by atoms with Crippen LogP contribution in [0.2, 0.25) is 0 Å². The topological polar surface area (TPSA) is 194 Å². The van der Waals surface area contributed by atoms with Gasteiger partial charge in [-0.2, -0.15) is 0 Å². The van der Waals surface area contributed by atoms with Crippen LogP contribution >= 0.6 is 0 Å². The van der Waals surface area contributed by atoms with Crippen molar-refractivity contribution in [3.05, 3.63) is 76.1 Å². The molecule has 1 saturated carbocycles. The van der Waals surface area contributed by atoms with Crippen molar-refractivity contribution in [3.8, 4) is 5.75 Å². The van der Waals surface area contributed by atoms with Crippen molar-refractivity contribution in [2.24, 2.45) is 17.6 Å². The van der Waals surface area contributed by atoms with E-state index in [2.05, 4.69) is 5.32 Å². The maximum absolute atomic E-state index is 13.9. The Kier molecular flexibility index (Phi) is 7.63. The van der Waals surface area contributed by atoms with Gasteiger partial charge in [-0.3, -0.25) is 29.0 Å². The molecule has 4 atom stereocenters. The van der Waals surface area contributed by atoms with E-state index in [0.29, 0.717) is 12.1 Å². The number of hydrogen-bond acceptors (Lipinski definition) is 10. The number of primary amides is 1. The number of Topliss-reactive ketones (excluding diaryl/α,β-unsaturated/α-hetero) is 2. The molecule has 3 aliphatic carbocycles. The molecule has 12 heteroatoms. The number of aromatic hydroxyl groups is 1. The zero-order chi connectivity index (χ0) is 31.4. The largest absolute Gasteiger partial charge is 0.508 e. The van der Waals surface area contributed by atoms with E-state index in [-0.39, 0.29) is 36.2 Å². The van der Waals surface area contributed by atoms with Gasteiger partial charge in [0, 0.05) is 18.0 Å². The van der Waals surface area contributed by atoms with Gasteiger partial charge in [0.15, 0.2) is 11.4 Å². The number of amides is 2. The normalized spacial score (nSPS) is 25.0. The number of benzene rings is 2. The molecule has 3 aliphatic rings. The van der Waals surface area contributed by atoms with Gasteiger partial charge in [-0.15, -0.1) is 0 Å². The van der Waals surface area contributed by atoms with Crippen LogP contribution in [0.4, 0.5) is 5.69 Å². The molecule has 2 aromatic rings. The second-order valence-corrected chi connectivity index (χ2v) is 11.7. The average Bonchev–Trinajstić information content (AvgIpc) is 2.92. The van der Waals surface area contributed by atoms with Gasteiger partial charge in [-0.1, -0.05) is 36.4 Å². The SMILES string of the molecule is CN(CC(=O)Nc1ccc2c(c1O)C(O)=C1C(=O)C3(O)C(O)=C(C(N)=O)C(=O)[C@@H](N(C)C)C3CC1C2)Cc1ccccc1. The first-order valence-corrected chi connectivity index (χ1v) is 13.8. The number of hydrogen-bond donors (Lipinski definition) is 6. The number of nitrogens with two attached hydrogens (primary N) is 1. The van der Waals surface area contributed by atoms with Crippen molar-refractivity contribution in [1.29, 1.82) is 0 Å². The molecule has 2 amide bonds. The van der Waals surface area contributed by atoms with Crippen molar-refractivity contribution >= 4 is 34.8 Å². The summed E-state index contributed by atoms with van der Waals surface area (Å²) in [5.74, 6) is -7.67. The summed E-state index contributed by atoms with van der Waals surface area (Å²) >= 11 is 0. The maximum atomic E-state index is 13.9. The molecule has 0 heterocycles. The lowest BCUT2D eigenvalue weighted by Gasteiger charge is -2.50. The van der Waals surface area contributed by atoms with E-state index in [1.54, 1.807) is 32.1 Å². The third-order valence-corrected chi connectivity index (χ3v) is 8.58. The molecule has 2 aromatic carbocycles. The van der Waals surface area contributed by atoms with Gasteiger partial charge in [0.25, 0.3) is 5.91 Å². The first-order chi connectivity index (χ1) is 20.3. The summed E-state index contributed by atoms with van der Waals surface area (Å²) in [4.78, 5) is 55.2. The third-order valence-electron chi connectivity index (χ3n) is 8.58. The van der Waals surface area contributed by atoms with Crippen molar-refractivity contribution in [2.75, 3.05) is 33.0 Å². The molecular formula is C31H34N4O8.